The van der Waals surface area contributed by atoms with Crippen LogP contribution in [0.1, 0.15) is 12.0 Å². The Balaban J connectivity index is 2.89. The summed E-state index contributed by atoms with van der Waals surface area (Å²) in [5, 5.41) is 5.09. The van der Waals surface area contributed by atoms with E-state index >= 15 is 0 Å². The van der Waals surface area contributed by atoms with E-state index in [1.165, 1.54) is 7.05 Å². The van der Waals surface area contributed by atoms with Gasteiger partial charge in [-0.25, -0.2) is 17.9 Å². The van der Waals surface area contributed by atoms with Gasteiger partial charge in [0, 0.05) is 13.6 Å². The first-order valence-electron chi connectivity index (χ1n) is 6.75. The number of hydrogen-bond donors (Lipinski definition) is 4. The zero-order chi connectivity index (χ0) is 16.6. The number of sulfonamides is 1. The number of nitrogens with two attached hydrogens (primary N) is 1. The molecule has 0 atom stereocenters. The van der Waals surface area contributed by atoms with Gasteiger partial charge in [0.1, 0.15) is 5.75 Å². The van der Waals surface area contributed by atoms with Gasteiger partial charge < -0.3 is 21.1 Å². The van der Waals surface area contributed by atoms with Crippen LogP contribution in [0, 0.1) is 0 Å². The van der Waals surface area contributed by atoms with Gasteiger partial charge in [0.15, 0.2) is 0 Å². The lowest BCUT2D eigenvalue weighted by molar-refractivity contribution is 0.253. The fourth-order valence-corrected chi connectivity index (χ4v) is 1.99. The summed E-state index contributed by atoms with van der Waals surface area (Å²) in [7, 11) is -1.77. The molecule has 8 nitrogen and oxygen atoms in total. The van der Waals surface area contributed by atoms with E-state index in [0.29, 0.717) is 31.0 Å². The largest absolute Gasteiger partial charge is 0.491 e. The van der Waals surface area contributed by atoms with E-state index in [2.05, 4.69) is 15.4 Å². The molecule has 2 amide bonds. The Bertz CT molecular complexity index is 604. The summed E-state index contributed by atoms with van der Waals surface area (Å²) in [6.07, 6.45) is 1.76. The average Bonchev–Trinajstić information content (AvgIpc) is 2.46. The molecule has 0 saturated carbocycles. The summed E-state index contributed by atoms with van der Waals surface area (Å²) >= 11 is 0. The first-order valence-corrected chi connectivity index (χ1v) is 8.64. The molecular weight excluding hydrogens is 308 g/mol. The second-order valence-electron chi connectivity index (χ2n) is 4.62. The van der Waals surface area contributed by atoms with Crippen LogP contribution < -0.4 is 25.8 Å². The number of ether oxygens (including phenoxy) is 1. The number of carbonyl (C=O) groups excluding carboxylic acids is 1. The standard InChI is InChI=1S/C13H22N4O4S/c1-15-13(18)17-11-5-4-10(9-16-22(2,19)20)8-12(11)21-7-3-6-14/h4-5,8,16H,3,6-7,9,14H2,1-2H3,(H2,15,17,18). The number of benzene rings is 1. The molecule has 0 radical (unpaired) electrons. The van der Waals surface area contributed by atoms with Gasteiger partial charge >= 0.3 is 6.03 Å². The van der Waals surface area contributed by atoms with Crippen molar-refractivity contribution in [3.63, 3.8) is 0 Å². The number of urea groups is 1. The summed E-state index contributed by atoms with van der Waals surface area (Å²) in [4.78, 5) is 11.4. The van der Waals surface area contributed by atoms with E-state index in [4.69, 9.17) is 10.5 Å². The molecule has 0 aliphatic heterocycles. The Labute approximate surface area is 130 Å². The van der Waals surface area contributed by atoms with Crippen molar-refractivity contribution in [3.05, 3.63) is 23.8 Å². The maximum absolute atomic E-state index is 11.4. The molecule has 0 aromatic heterocycles. The maximum Gasteiger partial charge on any atom is 0.319 e. The van der Waals surface area contributed by atoms with Crippen molar-refractivity contribution in [2.75, 3.05) is 31.8 Å². The van der Waals surface area contributed by atoms with Crippen LogP contribution >= 0.6 is 0 Å². The molecule has 5 N–H and O–H groups in total. The van der Waals surface area contributed by atoms with Gasteiger partial charge in [-0.2, -0.15) is 0 Å². The molecule has 9 heteroatoms. The molecule has 1 aromatic carbocycles. The molecule has 0 saturated heterocycles. The molecule has 1 aromatic rings. The van der Waals surface area contributed by atoms with Crippen LogP contribution in [-0.2, 0) is 16.6 Å². The molecule has 0 aliphatic rings. The Hall–Kier alpha value is -1.84. The summed E-state index contributed by atoms with van der Waals surface area (Å²) in [5.74, 6) is 0.463. The highest BCUT2D eigenvalue weighted by molar-refractivity contribution is 7.88. The Morgan fingerprint density at radius 2 is 2.09 bits per heavy atom. The molecule has 0 unspecified atom stereocenters. The summed E-state index contributed by atoms with van der Waals surface area (Å²) in [6.45, 7) is 1.04. The lowest BCUT2D eigenvalue weighted by Gasteiger charge is -2.14. The van der Waals surface area contributed by atoms with Crippen molar-refractivity contribution in [3.8, 4) is 5.75 Å². The first-order chi connectivity index (χ1) is 10.4. The van der Waals surface area contributed by atoms with Gasteiger partial charge in [-0.15, -0.1) is 0 Å². The van der Waals surface area contributed by atoms with Crippen molar-refractivity contribution in [2.24, 2.45) is 5.73 Å². The quantitative estimate of drug-likeness (QED) is 0.508. The molecule has 0 spiro atoms. The normalized spacial score (nSPS) is 11.0. The number of rotatable bonds is 8. The van der Waals surface area contributed by atoms with Gasteiger partial charge in [-0.05, 0) is 30.7 Å². The molecule has 1 rings (SSSR count). The van der Waals surface area contributed by atoms with Crippen LogP contribution in [-0.4, -0.2) is 40.9 Å². The van der Waals surface area contributed by atoms with Crippen molar-refractivity contribution >= 4 is 21.7 Å². The van der Waals surface area contributed by atoms with E-state index in [-0.39, 0.29) is 12.6 Å². The zero-order valence-electron chi connectivity index (χ0n) is 12.7. The van der Waals surface area contributed by atoms with Crippen LogP contribution in [0.5, 0.6) is 5.75 Å². The molecule has 124 valence electrons. The van der Waals surface area contributed by atoms with Crippen LogP contribution in [0.25, 0.3) is 0 Å². The Morgan fingerprint density at radius 3 is 2.68 bits per heavy atom. The summed E-state index contributed by atoms with van der Waals surface area (Å²) in [5.41, 5.74) is 6.64. The van der Waals surface area contributed by atoms with Crippen molar-refractivity contribution in [2.45, 2.75) is 13.0 Å². The summed E-state index contributed by atoms with van der Waals surface area (Å²) in [6, 6.07) is 4.68. The van der Waals surface area contributed by atoms with E-state index in [1.54, 1.807) is 18.2 Å². The highest BCUT2D eigenvalue weighted by Crippen LogP contribution is 2.26. The van der Waals surface area contributed by atoms with Crippen LogP contribution in [0.4, 0.5) is 10.5 Å². The Kier molecular flexibility index (Phi) is 7.09. The van der Waals surface area contributed by atoms with E-state index in [0.717, 1.165) is 11.8 Å². The van der Waals surface area contributed by atoms with Crippen molar-refractivity contribution in [1.29, 1.82) is 0 Å². The molecule has 22 heavy (non-hydrogen) atoms. The lowest BCUT2D eigenvalue weighted by Crippen LogP contribution is -2.25. The monoisotopic (exact) mass is 330 g/mol. The van der Waals surface area contributed by atoms with Gasteiger partial charge in [0.05, 0.1) is 18.6 Å². The predicted molar refractivity (Wildman–Crippen MR) is 85.4 cm³/mol. The minimum Gasteiger partial charge on any atom is -0.491 e. The average molecular weight is 330 g/mol. The van der Waals surface area contributed by atoms with Gasteiger partial charge in [-0.3, -0.25) is 0 Å². The highest BCUT2D eigenvalue weighted by atomic mass is 32.2. The second kappa shape index (κ2) is 8.57. The third-order valence-electron chi connectivity index (χ3n) is 2.67. The van der Waals surface area contributed by atoms with Crippen molar-refractivity contribution < 1.29 is 17.9 Å². The summed E-state index contributed by atoms with van der Waals surface area (Å²) < 4.78 is 30.3. The third-order valence-corrected chi connectivity index (χ3v) is 3.33. The first kappa shape index (κ1) is 18.2. The SMILES string of the molecule is CNC(=O)Nc1ccc(CNS(C)(=O)=O)cc1OCCCN. The molecule has 0 aliphatic carbocycles. The van der Waals surface area contributed by atoms with E-state index < -0.39 is 10.0 Å². The number of hydrogen-bond acceptors (Lipinski definition) is 5. The highest BCUT2D eigenvalue weighted by Gasteiger charge is 2.09. The number of nitrogens with one attached hydrogen (secondary N) is 3. The van der Waals surface area contributed by atoms with Crippen molar-refractivity contribution in [1.82, 2.24) is 10.0 Å². The van der Waals surface area contributed by atoms with Crippen LogP contribution in [0.15, 0.2) is 18.2 Å². The smallest absolute Gasteiger partial charge is 0.319 e. The lowest BCUT2D eigenvalue weighted by atomic mass is 10.2. The second-order valence-corrected chi connectivity index (χ2v) is 6.45. The number of amides is 2. The minimum atomic E-state index is -3.28. The molecular formula is C13H22N4O4S. The van der Waals surface area contributed by atoms with Crippen LogP contribution in [0.3, 0.4) is 0 Å². The topological polar surface area (TPSA) is 123 Å². The fraction of sp³-hybridized carbons (Fsp3) is 0.462. The van der Waals surface area contributed by atoms with Gasteiger partial charge in [-0.1, -0.05) is 6.07 Å². The van der Waals surface area contributed by atoms with Gasteiger partial charge in [0.25, 0.3) is 0 Å². The zero-order valence-corrected chi connectivity index (χ0v) is 13.5. The third kappa shape index (κ3) is 6.74. The van der Waals surface area contributed by atoms with E-state index in [9.17, 15) is 13.2 Å². The molecule has 0 heterocycles. The fourth-order valence-electron chi connectivity index (χ4n) is 1.56. The van der Waals surface area contributed by atoms with Gasteiger partial charge in [0.2, 0.25) is 10.0 Å². The van der Waals surface area contributed by atoms with E-state index in [1.807, 2.05) is 0 Å². The maximum atomic E-state index is 11.4. The number of carbonyl (C=O) groups is 1. The predicted octanol–water partition coefficient (Wildman–Crippen LogP) is 0.215. The number of anilines is 1. The molecule has 0 bridgehead atoms. The van der Waals surface area contributed by atoms with Crippen LogP contribution in [0.2, 0.25) is 0 Å². The minimum absolute atomic E-state index is 0.145. The molecule has 0 fully saturated rings. The Morgan fingerprint density at radius 1 is 1.36 bits per heavy atom.